The van der Waals surface area contributed by atoms with Gasteiger partial charge < -0.3 is 4.90 Å². The number of nitrogens with zero attached hydrogens (tertiary/aromatic N) is 2. The van der Waals surface area contributed by atoms with Crippen LogP contribution in [0.4, 0.5) is 5.69 Å². The lowest BCUT2D eigenvalue weighted by Gasteiger charge is -2.26. The number of benzene rings is 2. The normalized spacial score (nSPS) is 12.5. The minimum Gasteiger partial charge on any atom is -0.378 e. The molecule has 0 radical (unpaired) electrons. The second-order valence-corrected chi connectivity index (χ2v) is 5.26. The Labute approximate surface area is 116 Å². The Morgan fingerprint density at radius 1 is 0.684 bits per heavy atom. The maximum atomic E-state index is 2.25. The molecule has 1 unspecified atom stereocenters. The number of anilines is 1. The van der Waals surface area contributed by atoms with Gasteiger partial charge >= 0.3 is 0 Å². The van der Waals surface area contributed by atoms with Crippen LogP contribution < -0.4 is 4.90 Å². The summed E-state index contributed by atoms with van der Waals surface area (Å²) in [6, 6.07) is 19.7. The monoisotopic (exact) mass is 254 g/mol. The van der Waals surface area contributed by atoms with Crippen LogP contribution in [-0.4, -0.2) is 33.1 Å². The van der Waals surface area contributed by atoms with Gasteiger partial charge in [-0.05, 0) is 37.4 Å². The van der Waals surface area contributed by atoms with Gasteiger partial charge in [-0.3, -0.25) is 4.90 Å². The van der Waals surface area contributed by atoms with E-state index in [4.69, 9.17) is 0 Å². The van der Waals surface area contributed by atoms with E-state index in [2.05, 4.69) is 92.6 Å². The van der Waals surface area contributed by atoms with Crippen molar-refractivity contribution < 1.29 is 0 Å². The van der Waals surface area contributed by atoms with Crippen molar-refractivity contribution in [3.8, 4) is 0 Å². The SMILES string of the molecule is CN(C)c1ccc(C(c2ccccc2)N(C)C)cc1. The topological polar surface area (TPSA) is 6.48 Å². The summed E-state index contributed by atoms with van der Waals surface area (Å²) in [6.45, 7) is 0. The summed E-state index contributed by atoms with van der Waals surface area (Å²) >= 11 is 0. The van der Waals surface area contributed by atoms with Crippen molar-refractivity contribution in [3.05, 3.63) is 65.7 Å². The molecule has 0 fully saturated rings. The second kappa shape index (κ2) is 5.89. The Hall–Kier alpha value is -1.80. The quantitative estimate of drug-likeness (QED) is 0.825. The van der Waals surface area contributed by atoms with Crippen LogP contribution in [0.15, 0.2) is 54.6 Å². The van der Waals surface area contributed by atoms with Gasteiger partial charge in [0.2, 0.25) is 0 Å². The van der Waals surface area contributed by atoms with Crippen LogP contribution >= 0.6 is 0 Å². The molecule has 0 amide bonds. The Balaban J connectivity index is 2.35. The number of rotatable bonds is 4. The van der Waals surface area contributed by atoms with Gasteiger partial charge in [0.05, 0.1) is 6.04 Å². The summed E-state index contributed by atoms with van der Waals surface area (Å²) in [7, 11) is 8.38. The Kier molecular flexibility index (Phi) is 4.23. The molecular formula is C17H22N2. The minimum atomic E-state index is 0.303. The molecule has 2 nitrogen and oxygen atoms in total. The lowest BCUT2D eigenvalue weighted by molar-refractivity contribution is 0.342. The molecule has 0 saturated carbocycles. The zero-order valence-electron chi connectivity index (χ0n) is 12.2. The van der Waals surface area contributed by atoms with Crippen LogP contribution in [0, 0.1) is 0 Å². The van der Waals surface area contributed by atoms with Gasteiger partial charge in [-0.15, -0.1) is 0 Å². The molecule has 0 N–H and O–H groups in total. The van der Waals surface area contributed by atoms with E-state index in [1.54, 1.807) is 0 Å². The van der Waals surface area contributed by atoms with Gasteiger partial charge in [-0.25, -0.2) is 0 Å². The van der Waals surface area contributed by atoms with Crippen LogP contribution in [0.3, 0.4) is 0 Å². The molecule has 0 bridgehead atoms. The van der Waals surface area contributed by atoms with Gasteiger partial charge in [0, 0.05) is 19.8 Å². The number of hydrogen-bond acceptors (Lipinski definition) is 2. The predicted octanol–water partition coefficient (Wildman–Crippen LogP) is 3.40. The van der Waals surface area contributed by atoms with Crippen molar-refractivity contribution in [2.24, 2.45) is 0 Å². The highest BCUT2D eigenvalue weighted by molar-refractivity contribution is 5.47. The van der Waals surface area contributed by atoms with E-state index in [0.29, 0.717) is 6.04 Å². The highest BCUT2D eigenvalue weighted by atomic mass is 15.1. The first-order valence-corrected chi connectivity index (χ1v) is 6.58. The highest BCUT2D eigenvalue weighted by Crippen LogP contribution is 2.27. The Bertz CT molecular complexity index is 501. The van der Waals surface area contributed by atoms with Crippen molar-refractivity contribution in [1.29, 1.82) is 0 Å². The first-order valence-electron chi connectivity index (χ1n) is 6.58. The molecule has 0 aromatic heterocycles. The van der Waals surface area contributed by atoms with Gasteiger partial charge in [-0.2, -0.15) is 0 Å². The molecule has 2 aromatic carbocycles. The van der Waals surface area contributed by atoms with Crippen molar-refractivity contribution >= 4 is 5.69 Å². The zero-order valence-corrected chi connectivity index (χ0v) is 12.2. The third kappa shape index (κ3) is 3.15. The molecule has 0 spiro atoms. The molecule has 1 atom stereocenters. The van der Waals surface area contributed by atoms with E-state index in [1.807, 2.05) is 0 Å². The average Bonchev–Trinajstić information content (AvgIpc) is 2.40. The molecule has 2 rings (SSSR count). The largest absolute Gasteiger partial charge is 0.378 e. The molecule has 19 heavy (non-hydrogen) atoms. The lowest BCUT2D eigenvalue weighted by Crippen LogP contribution is -2.21. The fraction of sp³-hybridized carbons (Fsp3) is 0.294. The lowest BCUT2D eigenvalue weighted by atomic mass is 9.97. The number of hydrogen-bond donors (Lipinski definition) is 0. The minimum absolute atomic E-state index is 0.303. The van der Waals surface area contributed by atoms with Gasteiger partial charge in [0.25, 0.3) is 0 Å². The molecule has 0 aliphatic heterocycles. The average molecular weight is 254 g/mol. The van der Waals surface area contributed by atoms with Crippen LogP contribution in [0.2, 0.25) is 0 Å². The third-order valence-electron chi connectivity index (χ3n) is 3.36. The van der Waals surface area contributed by atoms with Crippen LogP contribution in [0.5, 0.6) is 0 Å². The summed E-state index contributed by atoms with van der Waals surface area (Å²) in [6.07, 6.45) is 0. The summed E-state index contributed by atoms with van der Waals surface area (Å²) in [5.41, 5.74) is 3.88. The second-order valence-electron chi connectivity index (χ2n) is 5.26. The molecule has 2 heteroatoms. The van der Waals surface area contributed by atoms with Crippen molar-refractivity contribution in [2.45, 2.75) is 6.04 Å². The zero-order chi connectivity index (χ0) is 13.8. The van der Waals surface area contributed by atoms with E-state index in [9.17, 15) is 0 Å². The van der Waals surface area contributed by atoms with Crippen molar-refractivity contribution in [2.75, 3.05) is 33.1 Å². The summed E-state index contributed by atoms with van der Waals surface area (Å²) in [5.74, 6) is 0. The molecule has 2 aromatic rings. The van der Waals surface area contributed by atoms with E-state index >= 15 is 0 Å². The maximum Gasteiger partial charge on any atom is 0.0596 e. The van der Waals surface area contributed by atoms with E-state index in [-0.39, 0.29) is 0 Å². The summed E-state index contributed by atoms with van der Waals surface area (Å²) < 4.78 is 0. The highest BCUT2D eigenvalue weighted by Gasteiger charge is 2.15. The molecule has 0 heterocycles. The standard InChI is InChI=1S/C17H22N2/c1-18(2)16-12-10-15(11-13-16)17(19(3)4)14-8-6-5-7-9-14/h5-13,17H,1-4H3. The summed E-state index contributed by atoms with van der Waals surface area (Å²) in [5, 5.41) is 0. The van der Waals surface area contributed by atoms with Crippen molar-refractivity contribution in [1.82, 2.24) is 4.90 Å². The predicted molar refractivity (Wildman–Crippen MR) is 82.7 cm³/mol. The fourth-order valence-electron chi connectivity index (χ4n) is 2.38. The first-order chi connectivity index (χ1) is 9.09. The first kappa shape index (κ1) is 13.6. The van der Waals surface area contributed by atoms with Gasteiger partial charge in [0.1, 0.15) is 0 Å². The Morgan fingerprint density at radius 2 is 1.21 bits per heavy atom. The fourth-order valence-corrected chi connectivity index (χ4v) is 2.38. The van der Waals surface area contributed by atoms with E-state index in [1.165, 1.54) is 16.8 Å². The van der Waals surface area contributed by atoms with Crippen LogP contribution in [0.25, 0.3) is 0 Å². The van der Waals surface area contributed by atoms with E-state index in [0.717, 1.165) is 0 Å². The molecule has 0 aliphatic rings. The van der Waals surface area contributed by atoms with Crippen molar-refractivity contribution in [3.63, 3.8) is 0 Å². The molecule has 0 aliphatic carbocycles. The van der Waals surface area contributed by atoms with E-state index < -0.39 is 0 Å². The molecule has 0 saturated heterocycles. The van der Waals surface area contributed by atoms with Gasteiger partial charge in [-0.1, -0.05) is 42.5 Å². The van der Waals surface area contributed by atoms with Gasteiger partial charge in [0.15, 0.2) is 0 Å². The van der Waals surface area contributed by atoms with Crippen LogP contribution in [0.1, 0.15) is 17.2 Å². The maximum absolute atomic E-state index is 2.25. The van der Waals surface area contributed by atoms with Crippen LogP contribution in [-0.2, 0) is 0 Å². The molecule has 100 valence electrons. The Morgan fingerprint density at radius 3 is 1.68 bits per heavy atom. The molecular weight excluding hydrogens is 232 g/mol. The smallest absolute Gasteiger partial charge is 0.0596 e. The summed E-state index contributed by atoms with van der Waals surface area (Å²) in [4.78, 5) is 4.37. The third-order valence-corrected chi connectivity index (χ3v) is 3.36.